The van der Waals surface area contributed by atoms with Gasteiger partial charge in [-0.05, 0) is 48.5 Å². The van der Waals surface area contributed by atoms with E-state index < -0.39 is 21.6 Å². The number of rotatable bonds is 7. The van der Waals surface area contributed by atoms with E-state index in [9.17, 15) is 17.6 Å². The van der Waals surface area contributed by atoms with Gasteiger partial charge in [0.1, 0.15) is 11.6 Å². The molecule has 0 radical (unpaired) electrons. The van der Waals surface area contributed by atoms with Gasteiger partial charge in [-0.15, -0.1) is 5.10 Å². The Balaban J connectivity index is 1.60. The Labute approximate surface area is 160 Å². The van der Waals surface area contributed by atoms with Crippen molar-refractivity contribution in [3.8, 4) is 17.2 Å². The van der Waals surface area contributed by atoms with Crippen LogP contribution in [0.4, 0.5) is 10.4 Å². The van der Waals surface area contributed by atoms with Crippen LogP contribution in [0.2, 0.25) is 0 Å². The van der Waals surface area contributed by atoms with Crippen LogP contribution < -0.4 is 10.1 Å². The van der Waals surface area contributed by atoms with E-state index in [4.69, 9.17) is 9.15 Å². The summed E-state index contributed by atoms with van der Waals surface area (Å²) < 4.78 is 47.0. The third-order valence-electron chi connectivity index (χ3n) is 3.70. The minimum absolute atomic E-state index is 0.00305. The molecule has 0 aliphatic carbocycles. The maximum absolute atomic E-state index is 12.8. The van der Waals surface area contributed by atoms with Gasteiger partial charge in [0, 0.05) is 5.56 Å². The molecule has 0 saturated heterocycles. The summed E-state index contributed by atoms with van der Waals surface area (Å²) in [5.74, 6) is -0.484. The Hall–Kier alpha value is -3.27. The van der Waals surface area contributed by atoms with Crippen LogP contribution in [0, 0.1) is 5.82 Å². The molecule has 3 aromatic rings. The van der Waals surface area contributed by atoms with Gasteiger partial charge >= 0.3 is 6.01 Å². The van der Waals surface area contributed by atoms with Gasteiger partial charge in [0.05, 0.1) is 10.6 Å². The summed E-state index contributed by atoms with van der Waals surface area (Å²) in [6, 6.07) is 11.1. The molecule has 0 unspecified atom stereocenters. The summed E-state index contributed by atoms with van der Waals surface area (Å²) >= 11 is 0. The molecule has 0 atom stereocenters. The monoisotopic (exact) mass is 405 g/mol. The summed E-state index contributed by atoms with van der Waals surface area (Å²) in [5, 5.41) is 9.91. The zero-order chi connectivity index (χ0) is 20.1. The minimum Gasteiger partial charge on any atom is -0.484 e. The van der Waals surface area contributed by atoms with Gasteiger partial charge in [0.2, 0.25) is 5.89 Å². The highest BCUT2D eigenvalue weighted by Crippen LogP contribution is 2.22. The number of sulfone groups is 1. The van der Waals surface area contributed by atoms with Crippen LogP contribution in [0.5, 0.6) is 5.75 Å². The predicted octanol–water partition coefficient (Wildman–Crippen LogP) is 2.69. The molecule has 28 heavy (non-hydrogen) atoms. The first-order chi connectivity index (χ1) is 13.4. The van der Waals surface area contributed by atoms with Crippen molar-refractivity contribution in [2.45, 2.75) is 11.8 Å². The number of carbonyl (C=O) groups is 1. The summed E-state index contributed by atoms with van der Waals surface area (Å²) in [6.45, 7) is 1.24. The van der Waals surface area contributed by atoms with Crippen LogP contribution in [-0.4, -0.2) is 36.9 Å². The lowest BCUT2D eigenvalue weighted by atomic mass is 10.2. The van der Waals surface area contributed by atoms with Crippen LogP contribution in [0.3, 0.4) is 0 Å². The Kier molecular flexibility index (Phi) is 5.69. The zero-order valence-corrected chi connectivity index (χ0v) is 15.6. The Morgan fingerprint density at radius 2 is 1.79 bits per heavy atom. The average molecular weight is 405 g/mol. The second-order valence-electron chi connectivity index (χ2n) is 5.63. The van der Waals surface area contributed by atoms with E-state index in [-0.39, 0.29) is 29.2 Å². The Morgan fingerprint density at radius 1 is 1.11 bits per heavy atom. The molecule has 1 aromatic heterocycles. The number of ether oxygens (including phenoxy) is 1. The maximum atomic E-state index is 12.8. The zero-order valence-electron chi connectivity index (χ0n) is 14.8. The molecule has 10 heteroatoms. The van der Waals surface area contributed by atoms with E-state index in [1.54, 1.807) is 19.1 Å². The summed E-state index contributed by atoms with van der Waals surface area (Å²) in [7, 11) is -3.30. The molecule has 2 aromatic carbocycles. The molecule has 146 valence electrons. The number of nitrogens with zero attached hydrogens (tertiary/aromatic N) is 2. The van der Waals surface area contributed by atoms with Gasteiger partial charge < -0.3 is 9.15 Å². The highest BCUT2D eigenvalue weighted by Gasteiger charge is 2.14. The van der Waals surface area contributed by atoms with E-state index >= 15 is 0 Å². The molecular formula is C18H16FN3O5S. The molecule has 0 saturated carbocycles. The van der Waals surface area contributed by atoms with Crippen molar-refractivity contribution in [2.24, 2.45) is 0 Å². The lowest BCUT2D eigenvalue weighted by Gasteiger charge is -2.04. The Bertz CT molecular complexity index is 1060. The quantitative estimate of drug-likeness (QED) is 0.643. The lowest BCUT2D eigenvalue weighted by molar-refractivity contribution is -0.118. The molecular weight excluding hydrogens is 389 g/mol. The standard InChI is InChI=1S/C18H16FN3O5S/c1-2-28(24,25)15-9-3-12(4-10-15)17-21-22-18(27-17)20-16(23)11-26-14-7-5-13(19)6-8-14/h3-10H,2,11H2,1H3,(H,20,22,23). The first-order valence-electron chi connectivity index (χ1n) is 8.22. The van der Waals surface area contributed by atoms with Crippen molar-refractivity contribution < 1.29 is 26.8 Å². The number of nitrogens with one attached hydrogen (secondary N) is 1. The van der Waals surface area contributed by atoms with Crippen molar-refractivity contribution in [3.63, 3.8) is 0 Å². The van der Waals surface area contributed by atoms with Gasteiger partial charge in [0.15, 0.2) is 16.4 Å². The number of hydrogen-bond acceptors (Lipinski definition) is 7. The molecule has 0 aliphatic heterocycles. The van der Waals surface area contributed by atoms with E-state index in [2.05, 4.69) is 15.5 Å². The molecule has 0 bridgehead atoms. The number of hydrogen-bond donors (Lipinski definition) is 1. The van der Waals surface area contributed by atoms with Crippen LogP contribution in [0.1, 0.15) is 6.92 Å². The van der Waals surface area contributed by atoms with Crippen LogP contribution in [0.25, 0.3) is 11.5 Å². The van der Waals surface area contributed by atoms with Gasteiger partial charge in [0.25, 0.3) is 5.91 Å². The number of halogens is 1. The number of carbonyl (C=O) groups excluding carboxylic acids is 1. The van der Waals surface area contributed by atoms with Crippen molar-refractivity contribution in [1.29, 1.82) is 0 Å². The molecule has 1 N–H and O–H groups in total. The number of amides is 1. The first-order valence-corrected chi connectivity index (χ1v) is 9.87. The van der Waals surface area contributed by atoms with E-state index in [1.807, 2.05) is 0 Å². The maximum Gasteiger partial charge on any atom is 0.322 e. The number of aromatic nitrogens is 2. The lowest BCUT2D eigenvalue weighted by Crippen LogP contribution is -2.20. The number of anilines is 1. The summed E-state index contributed by atoms with van der Waals surface area (Å²) in [6.07, 6.45) is 0. The van der Waals surface area contributed by atoms with Gasteiger partial charge in [-0.1, -0.05) is 12.0 Å². The predicted molar refractivity (Wildman–Crippen MR) is 98.0 cm³/mol. The first kappa shape index (κ1) is 19.5. The number of benzene rings is 2. The van der Waals surface area contributed by atoms with Crippen LogP contribution in [0.15, 0.2) is 57.8 Å². The topological polar surface area (TPSA) is 111 Å². The second-order valence-corrected chi connectivity index (χ2v) is 7.91. The van der Waals surface area contributed by atoms with Gasteiger partial charge in [-0.25, -0.2) is 12.8 Å². The van der Waals surface area contributed by atoms with Crippen molar-refractivity contribution in [2.75, 3.05) is 17.7 Å². The molecule has 0 aliphatic rings. The third kappa shape index (κ3) is 4.71. The third-order valence-corrected chi connectivity index (χ3v) is 5.45. The van der Waals surface area contributed by atoms with Crippen molar-refractivity contribution in [1.82, 2.24) is 10.2 Å². The van der Waals surface area contributed by atoms with E-state index in [0.29, 0.717) is 11.3 Å². The Morgan fingerprint density at radius 3 is 2.43 bits per heavy atom. The second kappa shape index (κ2) is 8.17. The molecule has 0 fully saturated rings. The summed E-state index contributed by atoms with van der Waals surface area (Å²) in [4.78, 5) is 12.1. The van der Waals surface area contributed by atoms with Crippen LogP contribution >= 0.6 is 0 Å². The van der Waals surface area contributed by atoms with E-state index in [0.717, 1.165) is 0 Å². The molecule has 3 rings (SSSR count). The van der Waals surface area contributed by atoms with E-state index in [1.165, 1.54) is 36.4 Å². The van der Waals surface area contributed by atoms with Crippen molar-refractivity contribution in [3.05, 3.63) is 54.3 Å². The fourth-order valence-corrected chi connectivity index (χ4v) is 3.08. The fourth-order valence-electron chi connectivity index (χ4n) is 2.20. The largest absolute Gasteiger partial charge is 0.484 e. The normalized spacial score (nSPS) is 11.2. The minimum atomic E-state index is -3.30. The fraction of sp³-hybridized carbons (Fsp3) is 0.167. The molecule has 1 heterocycles. The van der Waals surface area contributed by atoms with Crippen molar-refractivity contribution >= 4 is 21.8 Å². The molecule has 1 amide bonds. The summed E-state index contributed by atoms with van der Waals surface area (Å²) in [5.41, 5.74) is 0.505. The smallest absolute Gasteiger partial charge is 0.322 e. The van der Waals surface area contributed by atoms with Gasteiger partial charge in [-0.2, -0.15) is 0 Å². The van der Waals surface area contributed by atoms with Crippen LogP contribution in [-0.2, 0) is 14.6 Å². The molecule has 0 spiro atoms. The van der Waals surface area contributed by atoms with Gasteiger partial charge in [-0.3, -0.25) is 10.1 Å². The molecule has 8 nitrogen and oxygen atoms in total. The average Bonchev–Trinajstić information content (AvgIpc) is 3.16. The highest BCUT2D eigenvalue weighted by atomic mass is 32.2. The SMILES string of the molecule is CCS(=O)(=O)c1ccc(-c2nnc(NC(=O)COc3ccc(F)cc3)o2)cc1. The highest BCUT2D eigenvalue weighted by molar-refractivity contribution is 7.91.